The van der Waals surface area contributed by atoms with E-state index in [9.17, 15) is 9.59 Å². The Labute approximate surface area is 97.3 Å². The molecular formula is C12H11NO4. The number of benzene rings is 1. The maximum absolute atomic E-state index is 11.7. The van der Waals surface area contributed by atoms with Crippen LogP contribution in [-0.4, -0.2) is 31.1 Å². The van der Waals surface area contributed by atoms with Crippen LogP contribution in [0.5, 0.6) is 0 Å². The summed E-state index contributed by atoms with van der Waals surface area (Å²) >= 11 is 0. The predicted octanol–water partition coefficient (Wildman–Crippen LogP) is 1.74. The first-order valence-electron chi connectivity index (χ1n) is 4.96. The molecule has 1 aromatic heterocycles. The van der Waals surface area contributed by atoms with E-state index in [0.29, 0.717) is 10.9 Å². The Morgan fingerprint density at radius 1 is 1.06 bits per heavy atom. The lowest BCUT2D eigenvalue weighted by atomic mass is 10.1. The van der Waals surface area contributed by atoms with Gasteiger partial charge in [-0.1, -0.05) is 18.2 Å². The molecule has 0 bridgehead atoms. The molecule has 0 spiro atoms. The summed E-state index contributed by atoms with van der Waals surface area (Å²) in [4.78, 5) is 26.1. The second-order valence-corrected chi connectivity index (χ2v) is 3.40. The van der Waals surface area contributed by atoms with E-state index in [1.165, 1.54) is 14.2 Å². The Bertz CT molecular complexity index is 585. The zero-order chi connectivity index (χ0) is 12.4. The molecule has 0 atom stereocenters. The largest absolute Gasteiger partial charge is 0.465 e. The van der Waals surface area contributed by atoms with E-state index in [4.69, 9.17) is 0 Å². The fraction of sp³-hybridized carbons (Fsp3) is 0.167. The van der Waals surface area contributed by atoms with Crippen molar-refractivity contribution in [1.29, 1.82) is 0 Å². The average molecular weight is 233 g/mol. The number of para-hydroxylation sites is 1. The van der Waals surface area contributed by atoms with E-state index in [2.05, 4.69) is 14.5 Å². The quantitative estimate of drug-likeness (QED) is 0.802. The van der Waals surface area contributed by atoms with E-state index >= 15 is 0 Å². The molecule has 0 aliphatic heterocycles. The van der Waals surface area contributed by atoms with Crippen molar-refractivity contribution in [3.63, 3.8) is 0 Å². The second kappa shape index (κ2) is 4.29. The number of methoxy groups -OCH3 is 2. The fourth-order valence-electron chi connectivity index (χ4n) is 1.71. The molecule has 17 heavy (non-hydrogen) atoms. The summed E-state index contributed by atoms with van der Waals surface area (Å²) in [6, 6.07) is 7.10. The Kier molecular flexibility index (Phi) is 2.82. The van der Waals surface area contributed by atoms with Crippen molar-refractivity contribution >= 4 is 22.8 Å². The number of esters is 2. The molecule has 2 rings (SSSR count). The minimum absolute atomic E-state index is 0.112. The van der Waals surface area contributed by atoms with Crippen molar-refractivity contribution in [2.45, 2.75) is 0 Å². The van der Waals surface area contributed by atoms with Gasteiger partial charge in [-0.25, -0.2) is 9.59 Å². The van der Waals surface area contributed by atoms with E-state index in [-0.39, 0.29) is 11.3 Å². The van der Waals surface area contributed by atoms with Crippen LogP contribution in [0.3, 0.4) is 0 Å². The van der Waals surface area contributed by atoms with Gasteiger partial charge in [-0.05, 0) is 6.07 Å². The van der Waals surface area contributed by atoms with Gasteiger partial charge in [0.15, 0.2) is 0 Å². The topological polar surface area (TPSA) is 68.4 Å². The van der Waals surface area contributed by atoms with Crippen molar-refractivity contribution < 1.29 is 19.1 Å². The van der Waals surface area contributed by atoms with Crippen LogP contribution in [0.15, 0.2) is 24.3 Å². The lowest BCUT2D eigenvalue weighted by Crippen LogP contribution is -2.10. The van der Waals surface area contributed by atoms with E-state index < -0.39 is 11.9 Å². The molecule has 0 saturated carbocycles. The van der Waals surface area contributed by atoms with Crippen molar-refractivity contribution in [3.05, 3.63) is 35.5 Å². The molecule has 0 amide bonds. The second-order valence-electron chi connectivity index (χ2n) is 3.40. The number of H-pyrrole nitrogens is 1. The van der Waals surface area contributed by atoms with Crippen LogP contribution in [-0.2, 0) is 9.47 Å². The summed E-state index contributed by atoms with van der Waals surface area (Å²) < 4.78 is 9.29. The lowest BCUT2D eigenvalue weighted by molar-refractivity contribution is 0.0553. The summed E-state index contributed by atoms with van der Waals surface area (Å²) in [5.41, 5.74) is 1.00. The van der Waals surface area contributed by atoms with Gasteiger partial charge in [-0.15, -0.1) is 0 Å². The van der Waals surface area contributed by atoms with Crippen molar-refractivity contribution in [3.8, 4) is 0 Å². The molecule has 0 aliphatic rings. The third-order valence-corrected chi connectivity index (χ3v) is 2.49. The number of ether oxygens (including phenoxy) is 2. The van der Waals surface area contributed by atoms with Gasteiger partial charge in [0.25, 0.3) is 0 Å². The van der Waals surface area contributed by atoms with Gasteiger partial charge in [0, 0.05) is 10.9 Å². The highest BCUT2D eigenvalue weighted by Crippen LogP contribution is 2.23. The average Bonchev–Trinajstić information content (AvgIpc) is 2.76. The number of nitrogens with one attached hydrogen (secondary N) is 1. The third-order valence-electron chi connectivity index (χ3n) is 2.49. The minimum atomic E-state index is -0.596. The SMILES string of the molecule is COC(=O)c1[nH]c2ccccc2c1C(=O)OC. The van der Waals surface area contributed by atoms with Gasteiger partial charge >= 0.3 is 11.9 Å². The molecule has 0 unspecified atom stereocenters. The molecule has 1 heterocycles. The highest BCUT2D eigenvalue weighted by molar-refractivity contribution is 6.12. The summed E-state index contributed by atoms with van der Waals surface area (Å²) in [6.45, 7) is 0. The Hall–Kier alpha value is -2.30. The van der Waals surface area contributed by atoms with Crippen molar-refractivity contribution in [1.82, 2.24) is 4.98 Å². The molecule has 5 nitrogen and oxygen atoms in total. The fourth-order valence-corrected chi connectivity index (χ4v) is 1.71. The minimum Gasteiger partial charge on any atom is -0.465 e. The first kappa shape index (κ1) is 11.2. The van der Waals surface area contributed by atoms with Gasteiger partial charge in [0.2, 0.25) is 0 Å². The first-order valence-corrected chi connectivity index (χ1v) is 4.96. The van der Waals surface area contributed by atoms with Crippen LogP contribution in [0, 0.1) is 0 Å². The zero-order valence-electron chi connectivity index (χ0n) is 9.44. The molecule has 0 radical (unpaired) electrons. The van der Waals surface area contributed by atoms with Gasteiger partial charge in [0.05, 0.1) is 19.8 Å². The summed E-state index contributed by atoms with van der Waals surface area (Å²) in [5.74, 6) is -1.16. The van der Waals surface area contributed by atoms with Crippen molar-refractivity contribution in [2.24, 2.45) is 0 Å². The number of fused-ring (bicyclic) bond motifs is 1. The number of aromatic amines is 1. The van der Waals surface area contributed by atoms with Crippen LogP contribution in [0.1, 0.15) is 20.8 Å². The van der Waals surface area contributed by atoms with E-state index in [0.717, 1.165) is 0 Å². The molecule has 0 saturated heterocycles. The number of carbonyl (C=O) groups excluding carboxylic acids is 2. The molecule has 0 fully saturated rings. The summed E-state index contributed by atoms with van der Waals surface area (Å²) in [7, 11) is 2.53. The van der Waals surface area contributed by atoms with Crippen LogP contribution in [0.2, 0.25) is 0 Å². The summed E-state index contributed by atoms with van der Waals surface area (Å²) in [5, 5.41) is 0.639. The first-order chi connectivity index (χ1) is 8.19. The van der Waals surface area contributed by atoms with Crippen LogP contribution in [0.25, 0.3) is 10.9 Å². The van der Waals surface area contributed by atoms with Gasteiger partial charge in [-0.3, -0.25) is 0 Å². The molecule has 2 aromatic rings. The molecule has 1 aromatic carbocycles. The number of aromatic nitrogens is 1. The number of hydrogen-bond donors (Lipinski definition) is 1. The number of carbonyl (C=O) groups is 2. The molecule has 1 N–H and O–H groups in total. The van der Waals surface area contributed by atoms with E-state index in [1.54, 1.807) is 24.3 Å². The van der Waals surface area contributed by atoms with Crippen LogP contribution >= 0.6 is 0 Å². The monoisotopic (exact) mass is 233 g/mol. The lowest BCUT2D eigenvalue weighted by Gasteiger charge is -2.00. The maximum Gasteiger partial charge on any atom is 0.355 e. The zero-order valence-corrected chi connectivity index (χ0v) is 9.44. The smallest absolute Gasteiger partial charge is 0.355 e. The normalized spacial score (nSPS) is 10.2. The van der Waals surface area contributed by atoms with Gasteiger partial charge in [0.1, 0.15) is 5.69 Å². The van der Waals surface area contributed by atoms with E-state index in [1.807, 2.05) is 0 Å². The number of hydrogen-bond acceptors (Lipinski definition) is 4. The predicted molar refractivity (Wildman–Crippen MR) is 61.0 cm³/mol. The van der Waals surface area contributed by atoms with Gasteiger partial charge < -0.3 is 14.5 Å². The third kappa shape index (κ3) is 1.75. The molecule has 5 heteroatoms. The number of rotatable bonds is 2. The van der Waals surface area contributed by atoms with Gasteiger partial charge in [-0.2, -0.15) is 0 Å². The Morgan fingerprint density at radius 3 is 2.35 bits per heavy atom. The Morgan fingerprint density at radius 2 is 1.71 bits per heavy atom. The highest BCUT2D eigenvalue weighted by Gasteiger charge is 2.23. The molecule has 88 valence electrons. The standard InChI is InChI=1S/C12H11NO4/c1-16-11(14)9-7-5-3-4-6-8(7)13-10(9)12(15)17-2/h3-6,13H,1-2H3. The Balaban J connectivity index is 2.73. The summed E-state index contributed by atoms with van der Waals surface area (Å²) in [6.07, 6.45) is 0. The highest BCUT2D eigenvalue weighted by atomic mass is 16.5. The van der Waals surface area contributed by atoms with Crippen LogP contribution in [0.4, 0.5) is 0 Å². The molecule has 0 aliphatic carbocycles. The molecular weight excluding hydrogens is 222 g/mol. The maximum atomic E-state index is 11.7. The van der Waals surface area contributed by atoms with Crippen molar-refractivity contribution in [2.75, 3.05) is 14.2 Å². The van der Waals surface area contributed by atoms with Crippen LogP contribution < -0.4 is 0 Å².